The van der Waals surface area contributed by atoms with Crippen LogP contribution < -0.4 is 16.4 Å². The summed E-state index contributed by atoms with van der Waals surface area (Å²) < 4.78 is 23.0. The average Bonchev–Trinajstić information content (AvgIpc) is 3.00. The molecule has 0 aromatic heterocycles. The van der Waals surface area contributed by atoms with Crippen molar-refractivity contribution in [3.63, 3.8) is 0 Å². The second-order valence-corrected chi connectivity index (χ2v) is 12.3. The lowest BCUT2D eigenvalue weighted by Gasteiger charge is -2.33. The molecule has 48 heavy (non-hydrogen) atoms. The topological polar surface area (TPSA) is 176 Å². The van der Waals surface area contributed by atoms with E-state index in [1.165, 1.54) is 20.3 Å². The molecular weight excluding hydrogens is 620 g/mol. The van der Waals surface area contributed by atoms with E-state index in [1.807, 2.05) is 13.8 Å². The number of nitrogens with two attached hydrogens (primary N) is 1. The fraction of sp³-hybridized carbons (Fsp3) is 0.514. The molecule has 0 spiro atoms. The third-order valence-corrected chi connectivity index (χ3v) is 7.89. The predicted molar refractivity (Wildman–Crippen MR) is 180 cm³/mol. The van der Waals surface area contributed by atoms with Crippen molar-refractivity contribution in [1.82, 2.24) is 15.5 Å². The highest BCUT2D eigenvalue weighted by Gasteiger charge is 2.35. The molecule has 2 aliphatic rings. The van der Waals surface area contributed by atoms with Gasteiger partial charge in [0.25, 0.3) is 5.91 Å². The van der Waals surface area contributed by atoms with E-state index >= 15 is 0 Å². The summed E-state index contributed by atoms with van der Waals surface area (Å²) in [7, 11) is 6.43. The zero-order valence-electron chi connectivity index (χ0n) is 29.2. The minimum Gasteiger partial charge on any atom is -0.458 e. The van der Waals surface area contributed by atoms with Gasteiger partial charge in [-0.05, 0) is 52.3 Å². The maximum absolute atomic E-state index is 13.8. The molecule has 0 fully saturated rings. The first kappa shape index (κ1) is 39.8. The molecule has 0 aromatic rings. The van der Waals surface area contributed by atoms with E-state index in [-0.39, 0.29) is 48.0 Å². The number of likely N-dealkylation sites (N-methyl/N-ethyl adjacent to an activating group) is 1. The normalized spacial score (nSPS) is 29.1. The quantitative estimate of drug-likeness (QED) is 0.187. The van der Waals surface area contributed by atoms with E-state index < -0.39 is 59.9 Å². The number of Topliss-reactive ketones (excluding diaryl/α,β-unsaturated/α-hetero) is 1. The molecule has 2 bridgehead atoms. The largest absolute Gasteiger partial charge is 0.458 e. The summed E-state index contributed by atoms with van der Waals surface area (Å²) in [6.45, 7) is 11.0. The lowest BCUT2D eigenvalue weighted by atomic mass is 9.85. The Morgan fingerprint density at radius 2 is 1.81 bits per heavy atom. The number of esters is 1. The van der Waals surface area contributed by atoms with E-state index in [2.05, 4.69) is 17.2 Å². The number of hydrogen-bond acceptors (Lipinski definition) is 11. The van der Waals surface area contributed by atoms with Crippen molar-refractivity contribution < 1.29 is 42.9 Å². The van der Waals surface area contributed by atoms with Crippen molar-refractivity contribution in [1.29, 1.82) is 0 Å². The smallest absolute Gasteiger partial charge is 0.405 e. The number of hydrogen-bond donors (Lipinski definition) is 3. The number of carbonyl (C=O) groups is 5. The van der Waals surface area contributed by atoms with Gasteiger partial charge in [0.1, 0.15) is 12.2 Å². The third kappa shape index (κ3) is 11.4. The molecule has 264 valence electrons. The summed E-state index contributed by atoms with van der Waals surface area (Å²) in [4.78, 5) is 66.7. The van der Waals surface area contributed by atoms with Crippen molar-refractivity contribution in [3.8, 4) is 0 Å². The van der Waals surface area contributed by atoms with E-state index in [0.717, 1.165) is 6.08 Å². The summed E-state index contributed by atoms with van der Waals surface area (Å²) in [5.41, 5.74) is 6.41. The maximum atomic E-state index is 13.8. The molecule has 2 amide bonds. The third-order valence-electron chi connectivity index (χ3n) is 7.89. The van der Waals surface area contributed by atoms with Crippen molar-refractivity contribution in [2.45, 2.75) is 65.0 Å². The van der Waals surface area contributed by atoms with E-state index in [9.17, 15) is 24.0 Å². The van der Waals surface area contributed by atoms with Crippen molar-refractivity contribution in [2.24, 2.45) is 17.6 Å². The van der Waals surface area contributed by atoms with Crippen molar-refractivity contribution in [3.05, 3.63) is 71.1 Å². The number of ketones is 2. The van der Waals surface area contributed by atoms with Gasteiger partial charge in [-0.1, -0.05) is 44.2 Å². The van der Waals surface area contributed by atoms with Gasteiger partial charge in [-0.25, -0.2) is 4.79 Å². The van der Waals surface area contributed by atoms with Crippen LogP contribution in [-0.2, 0) is 38.1 Å². The van der Waals surface area contributed by atoms with Crippen LogP contribution in [0.2, 0.25) is 0 Å². The van der Waals surface area contributed by atoms with Crippen LogP contribution in [0.15, 0.2) is 71.1 Å². The number of rotatable bonds is 9. The van der Waals surface area contributed by atoms with Crippen LogP contribution >= 0.6 is 0 Å². The molecule has 1 aliphatic carbocycles. The van der Waals surface area contributed by atoms with Crippen LogP contribution in [0.25, 0.3) is 0 Å². The van der Waals surface area contributed by atoms with Crippen molar-refractivity contribution in [2.75, 3.05) is 41.4 Å². The Kier molecular flexibility index (Phi) is 15.7. The van der Waals surface area contributed by atoms with Gasteiger partial charge in [-0.15, -0.1) is 6.58 Å². The number of nitrogens with one attached hydrogen (secondary N) is 2. The van der Waals surface area contributed by atoms with Crippen LogP contribution in [0.5, 0.6) is 0 Å². The lowest BCUT2D eigenvalue weighted by molar-refractivity contribution is -0.161. The summed E-state index contributed by atoms with van der Waals surface area (Å²) in [5.74, 6) is -2.75. The molecule has 13 nitrogen and oxygen atoms in total. The second kappa shape index (κ2) is 18.9. The van der Waals surface area contributed by atoms with Crippen LogP contribution in [-0.4, -0.2) is 100 Å². The number of carbonyl (C=O) groups excluding carboxylic acids is 5. The number of amides is 2. The van der Waals surface area contributed by atoms with Gasteiger partial charge in [0, 0.05) is 43.9 Å². The van der Waals surface area contributed by atoms with Gasteiger partial charge in [-0.3, -0.25) is 24.1 Å². The highest BCUT2D eigenvalue weighted by molar-refractivity contribution is 6.23. The monoisotopic (exact) mass is 670 g/mol. The molecule has 0 unspecified atom stereocenters. The van der Waals surface area contributed by atoms with Gasteiger partial charge >= 0.3 is 12.1 Å². The zero-order chi connectivity index (χ0) is 36.1. The summed E-state index contributed by atoms with van der Waals surface area (Å²) in [6, 6.07) is 0. The van der Waals surface area contributed by atoms with Crippen LogP contribution in [0.1, 0.15) is 40.5 Å². The second-order valence-electron chi connectivity index (χ2n) is 12.3. The highest BCUT2D eigenvalue weighted by atomic mass is 16.6. The molecular formula is C35H50N4O9. The Bertz CT molecular complexity index is 1390. The van der Waals surface area contributed by atoms with Gasteiger partial charge in [-0.2, -0.15) is 0 Å². The van der Waals surface area contributed by atoms with Crippen LogP contribution in [0, 0.1) is 11.8 Å². The first-order chi connectivity index (χ1) is 22.6. The molecule has 0 radical (unpaired) electrons. The summed E-state index contributed by atoms with van der Waals surface area (Å²) in [6.07, 6.45) is 5.32. The first-order valence-electron chi connectivity index (χ1n) is 15.7. The fourth-order valence-corrected chi connectivity index (χ4v) is 5.57. The number of methoxy groups -OCH3 is 2. The molecule has 0 aromatic carbocycles. The van der Waals surface area contributed by atoms with Gasteiger partial charge in [0.15, 0.2) is 6.10 Å². The van der Waals surface area contributed by atoms with E-state index in [1.54, 1.807) is 57.1 Å². The van der Waals surface area contributed by atoms with Crippen LogP contribution in [0.4, 0.5) is 4.79 Å². The molecule has 1 heterocycles. The minimum atomic E-state index is -1.02. The molecule has 0 saturated carbocycles. The Labute approximate surface area is 282 Å². The van der Waals surface area contributed by atoms with Crippen LogP contribution in [0.3, 0.4) is 0 Å². The highest BCUT2D eigenvalue weighted by Crippen LogP contribution is 2.30. The van der Waals surface area contributed by atoms with Crippen molar-refractivity contribution >= 4 is 29.5 Å². The number of primary amides is 1. The molecule has 6 atom stereocenters. The number of fused-ring (bicyclic) bond motifs is 2. The van der Waals surface area contributed by atoms with Gasteiger partial charge in [0.05, 0.1) is 24.0 Å². The Balaban J connectivity index is 2.74. The standard InChI is InChI=1S/C35H50N4O9/c1-10-14-37-30-24-15-20(2)16-28(46-9)33(47-29(41)19-39(6)7)23(5)17-22(4)32(48-35(36)44)27(45-8)13-11-12-21(3)34(43)38-25(31(24)42)18-26(30)40/h10-13,17-18,20,23,27-28,32-33,37H,1,14-16,19H2,2-9H3,(H2,36,44)(H,38,43)/b13-11-,21-12+,22-17+/t20-,23-,27-,28-,32-,33-/m1/s1. The zero-order valence-corrected chi connectivity index (χ0v) is 29.2. The summed E-state index contributed by atoms with van der Waals surface area (Å²) in [5, 5.41) is 5.56. The van der Waals surface area contributed by atoms with E-state index in [0.29, 0.717) is 12.0 Å². The molecule has 1 aliphatic heterocycles. The SMILES string of the molecule is C=CCNC1=C2C[C@@H](C)C[C@@H](OC)[C@H](OC(=O)CN(C)C)[C@H](C)/C=C(\C)[C@@H](OC(N)=O)[C@H](OC)/C=C\C=C(/C)C(=O)NC(=CC1=O)C2=O. The van der Waals surface area contributed by atoms with Gasteiger partial charge in [0.2, 0.25) is 11.6 Å². The maximum Gasteiger partial charge on any atom is 0.405 e. The van der Waals surface area contributed by atoms with E-state index in [4.69, 9.17) is 24.7 Å². The number of nitrogens with zero attached hydrogens (tertiary/aromatic N) is 1. The first-order valence-corrected chi connectivity index (χ1v) is 15.7. The molecule has 2 rings (SSSR count). The number of allylic oxidation sites excluding steroid dienone is 4. The summed E-state index contributed by atoms with van der Waals surface area (Å²) >= 11 is 0. The molecule has 13 heteroatoms. The predicted octanol–water partition coefficient (Wildman–Crippen LogP) is 2.65. The lowest BCUT2D eigenvalue weighted by Crippen LogP contribution is -2.41. The Morgan fingerprint density at radius 3 is 2.40 bits per heavy atom. The Hall–Kier alpha value is -4.33. The minimum absolute atomic E-state index is 0.0253. The fourth-order valence-electron chi connectivity index (χ4n) is 5.57. The molecule has 0 saturated heterocycles. The molecule has 4 N–H and O–H groups in total. The number of ether oxygens (including phenoxy) is 4. The van der Waals surface area contributed by atoms with Gasteiger partial charge < -0.3 is 35.3 Å². The average molecular weight is 671 g/mol. The Morgan fingerprint density at radius 1 is 1.12 bits per heavy atom.